The summed E-state index contributed by atoms with van der Waals surface area (Å²) in [6.45, 7) is 3.01. The number of carbonyl (C=O) groups is 1. The van der Waals surface area contributed by atoms with E-state index < -0.39 is 0 Å². The van der Waals surface area contributed by atoms with Gasteiger partial charge in [-0.2, -0.15) is 0 Å². The number of nitrogens with one attached hydrogen (secondary N) is 1. The van der Waals surface area contributed by atoms with Gasteiger partial charge in [0.1, 0.15) is 0 Å². The highest BCUT2D eigenvalue weighted by molar-refractivity contribution is 6.05. The molecule has 1 aromatic heterocycles. The number of amides is 1. The van der Waals surface area contributed by atoms with Gasteiger partial charge in [-0.3, -0.25) is 9.59 Å². The monoisotopic (exact) mass is 403 g/mol. The molecule has 5 nitrogen and oxygen atoms in total. The summed E-state index contributed by atoms with van der Waals surface area (Å²) < 4.78 is 0. The summed E-state index contributed by atoms with van der Waals surface area (Å²) in [4.78, 5) is 32.5. The largest absolute Gasteiger partial charge is 0.337 e. The molecule has 5 heteroatoms. The first kappa shape index (κ1) is 20.4. The second-order valence-corrected chi connectivity index (χ2v) is 8.19. The number of piperidine rings is 1. The minimum absolute atomic E-state index is 0.0755. The smallest absolute Gasteiger partial charge is 0.254 e. The summed E-state index contributed by atoms with van der Waals surface area (Å²) in [5, 5.41) is 0.796. The van der Waals surface area contributed by atoms with Crippen LogP contribution in [-0.2, 0) is 6.42 Å². The molecule has 1 aliphatic rings. The van der Waals surface area contributed by atoms with Crippen molar-refractivity contribution in [2.75, 3.05) is 26.7 Å². The standard InChI is InChI=1S/C25H29N3O2/c1-27(25(30)22-17-24(29)26-23-14-6-5-13-21(22)23)20-12-8-16-28(18-20)15-7-11-19-9-3-2-4-10-19/h2-6,9-10,13-14,17,20H,7-8,11-12,15-16,18H2,1H3,(H,26,29)/t20-/m1/s1. The summed E-state index contributed by atoms with van der Waals surface area (Å²) >= 11 is 0. The molecule has 0 aliphatic carbocycles. The number of aromatic nitrogens is 1. The quantitative estimate of drug-likeness (QED) is 0.683. The van der Waals surface area contributed by atoms with Crippen LogP contribution in [0.3, 0.4) is 0 Å². The van der Waals surface area contributed by atoms with Crippen LogP contribution in [0.2, 0.25) is 0 Å². The molecule has 2 aromatic carbocycles. The number of likely N-dealkylation sites (N-methyl/N-ethyl adjacent to an activating group) is 1. The van der Waals surface area contributed by atoms with Crippen LogP contribution < -0.4 is 5.56 Å². The number of aryl methyl sites for hydroxylation is 1. The number of nitrogens with zero attached hydrogens (tertiary/aromatic N) is 2. The Morgan fingerprint density at radius 1 is 1.13 bits per heavy atom. The van der Waals surface area contributed by atoms with E-state index in [4.69, 9.17) is 0 Å². The van der Waals surface area contributed by atoms with Gasteiger partial charge in [-0.1, -0.05) is 48.5 Å². The molecule has 1 N–H and O–H groups in total. The maximum Gasteiger partial charge on any atom is 0.254 e. The van der Waals surface area contributed by atoms with Crippen molar-refractivity contribution in [1.82, 2.24) is 14.8 Å². The van der Waals surface area contributed by atoms with Crippen LogP contribution in [0.25, 0.3) is 10.9 Å². The highest BCUT2D eigenvalue weighted by Gasteiger charge is 2.27. The molecule has 0 spiro atoms. The van der Waals surface area contributed by atoms with Gasteiger partial charge in [0.15, 0.2) is 0 Å². The van der Waals surface area contributed by atoms with E-state index in [1.54, 1.807) is 0 Å². The predicted molar refractivity (Wildman–Crippen MR) is 121 cm³/mol. The Bertz CT molecular complexity index is 1060. The zero-order valence-electron chi connectivity index (χ0n) is 17.5. The topological polar surface area (TPSA) is 56.4 Å². The van der Waals surface area contributed by atoms with E-state index in [9.17, 15) is 9.59 Å². The molecule has 0 saturated carbocycles. The number of benzene rings is 2. The SMILES string of the molecule is CN(C(=O)c1cc(=O)[nH]c2ccccc12)[C@@H]1CCCN(CCCc2ccccc2)C1. The van der Waals surface area contributed by atoms with Crippen LogP contribution in [0.4, 0.5) is 0 Å². The molecule has 0 bridgehead atoms. The van der Waals surface area contributed by atoms with Crippen molar-refractivity contribution in [3.8, 4) is 0 Å². The van der Waals surface area contributed by atoms with Gasteiger partial charge in [0.2, 0.25) is 5.56 Å². The molecule has 3 aromatic rings. The molecule has 156 valence electrons. The van der Waals surface area contributed by atoms with Crippen molar-refractivity contribution in [2.24, 2.45) is 0 Å². The summed E-state index contributed by atoms with van der Waals surface area (Å²) in [7, 11) is 1.87. The maximum atomic E-state index is 13.3. The van der Waals surface area contributed by atoms with Gasteiger partial charge in [0.25, 0.3) is 5.91 Å². The Morgan fingerprint density at radius 2 is 1.90 bits per heavy atom. The minimum Gasteiger partial charge on any atom is -0.337 e. The van der Waals surface area contributed by atoms with Gasteiger partial charge in [0.05, 0.1) is 5.56 Å². The lowest BCUT2D eigenvalue weighted by Gasteiger charge is -2.37. The van der Waals surface area contributed by atoms with Crippen molar-refractivity contribution in [3.05, 3.63) is 82.1 Å². The fourth-order valence-electron chi connectivity index (χ4n) is 4.44. The highest BCUT2D eigenvalue weighted by atomic mass is 16.2. The van der Waals surface area contributed by atoms with Crippen molar-refractivity contribution < 1.29 is 4.79 Å². The van der Waals surface area contributed by atoms with Crippen LogP contribution in [0.1, 0.15) is 35.2 Å². The number of hydrogen-bond acceptors (Lipinski definition) is 3. The molecule has 1 fully saturated rings. The molecule has 0 radical (unpaired) electrons. The number of fused-ring (bicyclic) bond motifs is 1. The number of carbonyl (C=O) groups excluding carboxylic acids is 1. The summed E-state index contributed by atoms with van der Waals surface area (Å²) in [5.74, 6) is -0.0755. The molecule has 0 unspecified atom stereocenters. The number of likely N-dealkylation sites (tertiary alicyclic amines) is 1. The Balaban J connectivity index is 1.41. The molecule has 2 heterocycles. The summed E-state index contributed by atoms with van der Waals surface area (Å²) in [6, 6.07) is 19.7. The maximum absolute atomic E-state index is 13.3. The fourth-order valence-corrected chi connectivity index (χ4v) is 4.44. The lowest BCUT2D eigenvalue weighted by Crippen LogP contribution is -2.48. The molecular weight excluding hydrogens is 374 g/mol. The second kappa shape index (κ2) is 9.26. The molecule has 1 saturated heterocycles. The predicted octanol–water partition coefficient (Wildman–Crippen LogP) is 3.70. The van der Waals surface area contributed by atoms with Crippen molar-refractivity contribution in [3.63, 3.8) is 0 Å². The molecule has 1 aliphatic heterocycles. The van der Waals surface area contributed by atoms with E-state index >= 15 is 0 Å². The number of pyridine rings is 1. The summed E-state index contributed by atoms with van der Waals surface area (Å²) in [5.41, 5.74) is 2.32. The van der Waals surface area contributed by atoms with E-state index in [0.717, 1.165) is 50.7 Å². The van der Waals surface area contributed by atoms with E-state index in [-0.39, 0.29) is 17.5 Å². The minimum atomic E-state index is -0.239. The van der Waals surface area contributed by atoms with Crippen LogP contribution in [0.15, 0.2) is 65.5 Å². The highest BCUT2D eigenvalue weighted by Crippen LogP contribution is 2.21. The number of H-pyrrole nitrogens is 1. The van der Waals surface area contributed by atoms with Gasteiger partial charge in [0, 0.05) is 36.6 Å². The zero-order valence-corrected chi connectivity index (χ0v) is 17.5. The van der Waals surface area contributed by atoms with Crippen LogP contribution in [0.5, 0.6) is 0 Å². The van der Waals surface area contributed by atoms with Gasteiger partial charge in [-0.05, 0) is 50.4 Å². The van der Waals surface area contributed by atoms with Crippen molar-refractivity contribution in [1.29, 1.82) is 0 Å². The van der Waals surface area contributed by atoms with Gasteiger partial charge < -0.3 is 14.8 Å². The average Bonchev–Trinajstić information content (AvgIpc) is 2.78. The van der Waals surface area contributed by atoms with E-state index in [0.29, 0.717) is 11.1 Å². The first-order valence-corrected chi connectivity index (χ1v) is 10.8. The van der Waals surface area contributed by atoms with Crippen LogP contribution in [0, 0.1) is 0 Å². The molecular formula is C25H29N3O2. The Labute approximate surface area is 177 Å². The Kier molecular flexibility index (Phi) is 6.29. The van der Waals surface area contributed by atoms with E-state index in [2.05, 4.69) is 40.2 Å². The summed E-state index contributed by atoms with van der Waals surface area (Å²) in [6.07, 6.45) is 4.28. The first-order valence-electron chi connectivity index (χ1n) is 10.8. The number of aromatic amines is 1. The molecule has 30 heavy (non-hydrogen) atoms. The lowest BCUT2D eigenvalue weighted by molar-refractivity contribution is 0.0618. The van der Waals surface area contributed by atoms with E-state index in [1.807, 2.05) is 36.2 Å². The molecule has 1 atom stereocenters. The normalized spacial score (nSPS) is 17.2. The second-order valence-electron chi connectivity index (χ2n) is 8.19. The van der Waals surface area contributed by atoms with Crippen LogP contribution >= 0.6 is 0 Å². The van der Waals surface area contributed by atoms with Gasteiger partial charge in [-0.15, -0.1) is 0 Å². The Hall–Kier alpha value is -2.92. The third-order valence-electron chi connectivity index (χ3n) is 6.11. The third kappa shape index (κ3) is 4.62. The lowest BCUT2D eigenvalue weighted by atomic mass is 10.0. The van der Waals surface area contributed by atoms with Gasteiger partial charge >= 0.3 is 0 Å². The van der Waals surface area contributed by atoms with Crippen LogP contribution in [-0.4, -0.2) is 53.4 Å². The number of rotatable bonds is 6. The van der Waals surface area contributed by atoms with Gasteiger partial charge in [-0.25, -0.2) is 0 Å². The fraction of sp³-hybridized carbons (Fsp3) is 0.360. The van der Waals surface area contributed by atoms with Crippen molar-refractivity contribution >= 4 is 16.8 Å². The molecule has 1 amide bonds. The zero-order chi connectivity index (χ0) is 20.9. The number of hydrogen-bond donors (Lipinski definition) is 1. The third-order valence-corrected chi connectivity index (χ3v) is 6.11. The average molecular weight is 404 g/mol. The molecule has 4 rings (SSSR count). The van der Waals surface area contributed by atoms with Crippen molar-refractivity contribution in [2.45, 2.75) is 31.7 Å². The van der Waals surface area contributed by atoms with E-state index in [1.165, 1.54) is 11.6 Å². The Morgan fingerprint density at radius 3 is 2.73 bits per heavy atom. The first-order chi connectivity index (χ1) is 14.6. The number of para-hydroxylation sites is 1.